The zero-order chi connectivity index (χ0) is 22.6. The quantitative estimate of drug-likeness (QED) is 0.158. The fourth-order valence-electron chi connectivity index (χ4n) is 4.19. The summed E-state index contributed by atoms with van der Waals surface area (Å²) in [5.41, 5.74) is -2.39. The van der Waals surface area contributed by atoms with Crippen LogP contribution in [0.25, 0.3) is 0 Å². The van der Waals surface area contributed by atoms with Gasteiger partial charge in [-0.1, -0.05) is 51.2 Å². The van der Waals surface area contributed by atoms with Crippen molar-refractivity contribution in [1.29, 1.82) is 0 Å². The molecule has 0 amide bonds. The first-order valence-corrected chi connectivity index (χ1v) is 11.6. The average Bonchev–Trinajstić information content (AvgIpc) is 3.13. The number of rotatable bonds is 15. The van der Waals surface area contributed by atoms with Crippen LogP contribution in [-0.4, -0.2) is 45.1 Å². The molecule has 1 rings (SSSR count). The first-order valence-electron chi connectivity index (χ1n) is 11.6. The van der Waals surface area contributed by atoms with Crippen molar-refractivity contribution < 1.29 is 29.6 Å². The number of carbonyl (C=O) groups excluding carboxylic acids is 2. The van der Waals surface area contributed by atoms with Gasteiger partial charge in [-0.15, -0.1) is 0 Å². The number of allylic oxidation sites excluding steroid dienone is 2. The van der Waals surface area contributed by atoms with Crippen molar-refractivity contribution in [2.45, 2.75) is 109 Å². The summed E-state index contributed by atoms with van der Waals surface area (Å²) in [6, 6.07) is 0. The van der Waals surface area contributed by atoms with Gasteiger partial charge in [-0.25, -0.2) is 0 Å². The predicted octanol–water partition coefficient (Wildman–Crippen LogP) is 4.05. The Morgan fingerprint density at radius 1 is 1.07 bits per heavy atom. The molecule has 1 aliphatic rings. The molecule has 0 aromatic rings. The van der Waals surface area contributed by atoms with Gasteiger partial charge >= 0.3 is 5.97 Å². The van der Waals surface area contributed by atoms with E-state index in [9.17, 15) is 24.9 Å². The zero-order valence-electron chi connectivity index (χ0n) is 19.1. The van der Waals surface area contributed by atoms with Crippen LogP contribution in [0, 0.1) is 11.8 Å². The molecule has 6 heteroatoms. The third-order valence-electron chi connectivity index (χ3n) is 6.40. The third-order valence-corrected chi connectivity index (χ3v) is 6.40. The van der Waals surface area contributed by atoms with Gasteiger partial charge in [0.05, 0.1) is 0 Å². The number of Topliss-reactive ketones (excluding diaryl/α,β-unsaturated/α-hetero) is 1. The molecule has 1 saturated carbocycles. The number of carbonyl (C=O) groups is 2. The molecule has 0 aliphatic heterocycles. The summed E-state index contributed by atoms with van der Waals surface area (Å²) in [5, 5.41) is 30.8. The van der Waals surface area contributed by atoms with Crippen LogP contribution in [0.4, 0.5) is 0 Å². The van der Waals surface area contributed by atoms with E-state index in [-0.39, 0.29) is 6.42 Å². The fraction of sp³-hybridized carbons (Fsp3) is 0.833. The second kappa shape index (κ2) is 13.2. The zero-order valence-corrected chi connectivity index (χ0v) is 19.1. The van der Waals surface area contributed by atoms with Crippen LogP contribution in [0.3, 0.4) is 0 Å². The lowest BCUT2D eigenvalue weighted by Crippen LogP contribution is -2.58. The molecule has 3 N–H and O–H groups in total. The minimum Gasteiger partial charge on any atom is -0.458 e. The first kappa shape index (κ1) is 26.8. The summed E-state index contributed by atoms with van der Waals surface area (Å²) in [5.74, 6) is -2.92. The van der Waals surface area contributed by atoms with Crippen molar-refractivity contribution in [2.24, 2.45) is 11.8 Å². The minimum atomic E-state index is -2.56. The number of hydrogen-bond acceptors (Lipinski definition) is 6. The van der Waals surface area contributed by atoms with Crippen molar-refractivity contribution >= 4 is 11.8 Å². The average molecular weight is 427 g/mol. The minimum absolute atomic E-state index is 0.115. The van der Waals surface area contributed by atoms with Crippen LogP contribution in [0.2, 0.25) is 0 Å². The Morgan fingerprint density at radius 2 is 1.80 bits per heavy atom. The summed E-state index contributed by atoms with van der Waals surface area (Å²) < 4.78 is 4.57. The lowest BCUT2D eigenvalue weighted by Gasteiger charge is -2.35. The number of hydrogen-bond donors (Lipinski definition) is 3. The molecular weight excluding hydrogens is 384 g/mol. The van der Waals surface area contributed by atoms with Crippen LogP contribution >= 0.6 is 0 Å². The van der Waals surface area contributed by atoms with Gasteiger partial charge in [0.2, 0.25) is 5.78 Å². The van der Waals surface area contributed by atoms with Crippen molar-refractivity contribution in [3.8, 4) is 0 Å². The van der Waals surface area contributed by atoms with E-state index in [1.807, 2.05) is 0 Å². The predicted molar refractivity (Wildman–Crippen MR) is 117 cm³/mol. The summed E-state index contributed by atoms with van der Waals surface area (Å²) in [4.78, 5) is 22.9. The Balaban J connectivity index is 2.38. The van der Waals surface area contributed by atoms with Crippen molar-refractivity contribution in [3.63, 3.8) is 0 Å². The van der Waals surface area contributed by atoms with Gasteiger partial charge in [0, 0.05) is 13.3 Å². The van der Waals surface area contributed by atoms with Gasteiger partial charge in [-0.3, -0.25) is 9.59 Å². The second-order valence-corrected chi connectivity index (χ2v) is 8.97. The van der Waals surface area contributed by atoms with Crippen LogP contribution in [-0.2, 0) is 14.3 Å². The Bertz CT molecular complexity index is 552. The molecule has 3 atom stereocenters. The molecule has 0 aromatic carbocycles. The fourth-order valence-corrected chi connectivity index (χ4v) is 4.19. The van der Waals surface area contributed by atoms with Crippen LogP contribution in [0.5, 0.6) is 0 Å². The maximum atomic E-state index is 12.0. The number of aliphatic hydroxyl groups is 3. The molecule has 0 radical (unpaired) electrons. The van der Waals surface area contributed by atoms with E-state index in [0.29, 0.717) is 18.3 Å². The molecule has 6 nitrogen and oxygen atoms in total. The number of ether oxygens (including phenoxy) is 1. The monoisotopic (exact) mass is 426 g/mol. The summed E-state index contributed by atoms with van der Waals surface area (Å²) in [6.45, 7) is 3.74. The number of ketones is 1. The van der Waals surface area contributed by atoms with Gasteiger partial charge < -0.3 is 20.1 Å². The highest BCUT2D eigenvalue weighted by Gasteiger charge is 2.49. The van der Waals surface area contributed by atoms with Crippen molar-refractivity contribution in [1.82, 2.24) is 0 Å². The highest BCUT2D eigenvalue weighted by molar-refractivity contribution is 5.90. The van der Waals surface area contributed by atoms with Crippen molar-refractivity contribution in [3.05, 3.63) is 12.2 Å². The normalized spacial score (nSPS) is 21.7. The SMILES string of the molecule is CCCCCCC=C[C@H]1CCC[C@@H]1CCCCC(O)(O)C(C)(O)C(=O)COC(C)=O. The topological polar surface area (TPSA) is 104 Å². The van der Waals surface area contributed by atoms with Gasteiger partial charge in [0.1, 0.15) is 0 Å². The molecule has 0 saturated heterocycles. The molecule has 1 aliphatic carbocycles. The first-order chi connectivity index (χ1) is 14.1. The van der Waals surface area contributed by atoms with Gasteiger partial charge in [0.15, 0.2) is 18.0 Å². The summed E-state index contributed by atoms with van der Waals surface area (Å²) >= 11 is 0. The van der Waals surface area contributed by atoms with Gasteiger partial charge in [0.25, 0.3) is 0 Å². The van der Waals surface area contributed by atoms with E-state index in [2.05, 4.69) is 23.8 Å². The largest absolute Gasteiger partial charge is 0.458 e. The maximum absolute atomic E-state index is 12.0. The van der Waals surface area contributed by atoms with E-state index in [1.165, 1.54) is 44.9 Å². The highest BCUT2D eigenvalue weighted by atomic mass is 16.5. The lowest BCUT2D eigenvalue weighted by molar-refractivity contribution is -0.263. The van der Waals surface area contributed by atoms with Gasteiger partial charge in [-0.05, 0) is 57.3 Å². The van der Waals surface area contributed by atoms with E-state index in [4.69, 9.17) is 0 Å². The van der Waals surface area contributed by atoms with E-state index >= 15 is 0 Å². The molecule has 1 fully saturated rings. The second-order valence-electron chi connectivity index (χ2n) is 8.97. The van der Waals surface area contributed by atoms with E-state index in [1.54, 1.807) is 0 Å². The molecule has 1 unspecified atom stereocenters. The number of unbranched alkanes of at least 4 members (excludes halogenated alkanes) is 5. The Labute approximate surface area is 181 Å². The smallest absolute Gasteiger partial charge is 0.303 e. The Kier molecular flexibility index (Phi) is 11.8. The molecule has 174 valence electrons. The Morgan fingerprint density at radius 3 is 2.47 bits per heavy atom. The lowest BCUT2D eigenvalue weighted by atomic mass is 9.85. The maximum Gasteiger partial charge on any atom is 0.303 e. The van der Waals surface area contributed by atoms with Crippen LogP contribution in [0.15, 0.2) is 12.2 Å². The summed E-state index contributed by atoms with van der Waals surface area (Å²) in [7, 11) is 0. The number of esters is 1. The van der Waals surface area contributed by atoms with Crippen LogP contribution in [0.1, 0.15) is 97.8 Å². The Hall–Kier alpha value is -1.24. The van der Waals surface area contributed by atoms with Crippen LogP contribution < -0.4 is 0 Å². The van der Waals surface area contributed by atoms with Gasteiger partial charge in [-0.2, -0.15) is 0 Å². The highest BCUT2D eigenvalue weighted by Crippen LogP contribution is 2.37. The van der Waals surface area contributed by atoms with E-state index < -0.39 is 29.7 Å². The third kappa shape index (κ3) is 8.86. The molecule has 0 aromatic heterocycles. The molecular formula is C24H42O6. The molecule has 0 heterocycles. The molecule has 0 spiro atoms. The van der Waals surface area contributed by atoms with Crippen molar-refractivity contribution in [2.75, 3.05) is 6.61 Å². The molecule has 0 bridgehead atoms. The van der Waals surface area contributed by atoms with E-state index in [0.717, 1.165) is 33.1 Å². The standard InChI is InChI=1S/C24H42O6/c1-4-5-6-7-8-9-13-20-15-12-16-21(20)14-10-11-17-24(28,29)23(3,27)22(26)18-30-19(2)25/h9,13,20-21,27-29H,4-8,10-12,14-18H2,1-3H3/t20-,21-,23?/m0/s1. The summed E-state index contributed by atoms with van der Waals surface area (Å²) in [6.07, 6.45) is 16.8. The molecule has 30 heavy (non-hydrogen) atoms.